The van der Waals surface area contributed by atoms with Gasteiger partial charge >= 0.3 is 0 Å². The molecular weight excluding hydrogens is 194 g/mol. The van der Waals surface area contributed by atoms with Crippen molar-refractivity contribution >= 4 is 16.5 Å². The van der Waals surface area contributed by atoms with Crippen LogP contribution in [0.25, 0.3) is 0 Å². The number of hydrogen-bond acceptors (Lipinski definition) is 4. The Balaban J connectivity index is 1.94. The van der Waals surface area contributed by atoms with Crippen molar-refractivity contribution in [2.75, 3.05) is 18.0 Å². The second-order valence-electron chi connectivity index (χ2n) is 4.24. The molecular formula is C10H17N3S. The summed E-state index contributed by atoms with van der Waals surface area (Å²) >= 11 is 1.71. The number of thiazole rings is 1. The van der Waals surface area contributed by atoms with Crippen LogP contribution in [0.3, 0.4) is 0 Å². The third kappa shape index (κ3) is 1.77. The molecule has 2 heterocycles. The van der Waals surface area contributed by atoms with Crippen LogP contribution in [0.1, 0.15) is 25.5 Å². The minimum atomic E-state index is 0.0499. The molecule has 0 saturated carbocycles. The summed E-state index contributed by atoms with van der Waals surface area (Å²) in [5, 5.41) is 3.21. The van der Waals surface area contributed by atoms with E-state index in [1.54, 1.807) is 11.3 Å². The largest absolute Gasteiger partial charge is 0.344 e. The Labute approximate surface area is 88.9 Å². The van der Waals surface area contributed by atoms with E-state index >= 15 is 0 Å². The Bertz CT molecular complexity index is 315. The average Bonchev–Trinajstić information content (AvgIpc) is 2.47. The molecule has 4 heteroatoms. The maximum Gasteiger partial charge on any atom is 0.185 e. The van der Waals surface area contributed by atoms with Crippen molar-refractivity contribution in [2.45, 2.75) is 32.2 Å². The van der Waals surface area contributed by atoms with E-state index in [-0.39, 0.29) is 5.54 Å². The highest BCUT2D eigenvalue weighted by molar-refractivity contribution is 7.13. The molecule has 1 aromatic heterocycles. The van der Waals surface area contributed by atoms with Crippen molar-refractivity contribution in [3.05, 3.63) is 11.1 Å². The highest BCUT2D eigenvalue weighted by Crippen LogP contribution is 2.30. The topological polar surface area (TPSA) is 42.1 Å². The molecule has 1 aromatic rings. The Morgan fingerprint density at radius 3 is 2.86 bits per heavy atom. The molecule has 2 rings (SSSR count). The number of aromatic nitrogens is 1. The van der Waals surface area contributed by atoms with Crippen molar-refractivity contribution in [1.82, 2.24) is 4.98 Å². The van der Waals surface area contributed by atoms with Gasteiger partial charge in [-0.25, -0.2) is 4.98 Å². The highest BCUT2D eigenvalue weighted by atomic mass is 32.1. The van der Waals surface area contributed by atoms with E-state index in [4.69, 9.17) is 5.73 Å². The van der Waals surface area contributed by atoms with Gasteiger partial charge in [0.2, 0.25) is 0 Å². The minimum Gasteiger partial charge on any atom is -0.344 e. The standard InChI is InChI=1S/C10H17N3S/c1-3-4-10(11)6-13(7-10)9-12-8(2)5-14-9/h5H,3-4,6-7,11H2,1-2H3. The maximum absolute atomic E-state index is 6.18. The zero-order valence-electron chi connectivity index (χ0n) is 8.79. The van der Waals surface area contributed by atoms with Gasteiger partial charge in [0, 0.05) is 18.5 Å². The average molecular weight is 211 g/mol. The molecule has 78 valence electrons. The quantitative estimate of drug-likeness (QED) is 0.828. The zero-order chi connectivity index (χ0) is 10.2. The van der Waals surface area contributed by atoms with Crippen LogP contribution in [-0.2, 0) is 0 Å². The fourth-order valence-corrected chi connectivity index (χ4v) is 2.80. The summed E-state index contributed by atoms with van der Waals surface area (Å²) in [5.41, 5.74) is 7.34. The van der Waals surface area contributed by atoms with Gasteiger partial charge in [-0.3, -0.25) is 0 Å². The van der Waals surface area contributed by atoms with Crippen molar-refractivity contribution < 1.29 is 0 Å². The Morgan fingerprint density at radius 1 is 1.64 bits per heavy atom. The predicted octanol–water partition coefficient (Wildman–Crippen LogP) is 1.77. The van der Waals surface area contributed by atoms with Crippen LogP contribution in [0.4, 0.5) is 5.13 Å². The summed E-state index contributed by atoms with van der Waals surface area (Å²) in [7, 11) is 0. The van der Waals surface area contributed by atoms with Gasteiger partial charge < -0.3 is 10.6 Å². The molecule has 0 bridgehead atoms. The van der Waals surface area contributed by atoms with Crippen LogP contribution >= 0.6 is 11.3 Å². The molecule has 0 aliphatic carbocycles. The van der Waals surface area contributed by atoms with E-state index in [9.17, 15) is 0 Å². The van der Waals surface area contributed by atoms with Crippen molar-refractivity contribution in [3.8, 4) is 0 Å². The van der Waals surface area contributed by atoms with E-state index in [1.165, 1.54) is 6.42 Å². The summed E-state index contributed by atoms with van der Waals surface area (Å²) in [6, 6.07) is 0. The molecule has 0 amide bonds. The lowest BCUT2D eigenvalue weighted by atomic mass is 9.87. The van der Waals surface area contributed by atoms with E-state index in [0.29, 0.717) is 0 Å². The molecule has 1 saturated heterocycles. The first kappa shape index (κ1) is 9.93. The SMILES string of the molecule is CCCC1(N)CN(c2nc(C)cs2)C1. The maximum atomic E-state index is 6.18. The summed E-state index contributed by atoms with van der Waals surface area (Å²) in [6.45, 7) is 6.15. The summed E-state index contributed by atoms with van der Waals surface area (Å²) < 4.78 is 0. The van der Waals surface area contributed by atoms with E-state index in [0.717, 1.165) is 30.3 Å². The van der Waals surface area contributed by atoms with E-state index in [1.807, 2.05) is 6.92 Å². The molecule has 1 aliphatic rings. The molecule has 1 aliphatic heterocycles. The highest BCUT2D eigenvalue weighted by Gasteiger charge is 2.39. The lowest BCUT2D eigenvalue weighted by Gasteiger charge is -2.47. The smallest absolute Gasteiger partial charge is 0.185 e. The van der Waals surface area contributed by atoms with Crippen molar-refractivity contribution in [2.24, 2.45) is 5.73 Å². The zero-order valence-corrected chi connectivity index (χ0v) is 9.60. The number of hydrogen-bond donors (Lipinski definition) is 1. The van der Waals surface area contributed by atoms with Gasteiger partial charge in [0.1, 0.15) is 0 Å². The van der Waals surface area contributed by atoms with Crippen LogP contribution < -0.4 is 10.6 Å². The van der Waals surface area contributed by atoms with Crippen LogP contribution in [0.15, 0.2) is 5.38 Å². The number of aryl methyl sites for hydroxylation is 1. The van der Waals surface area contributed by atoms with Crippen LogP contribution in [0.2, 0.25) is 0 Å². The Morgan fingerprint density at radius 2 is 2.36 bits per heavy atom. The lowest BCUT2D eigenvalue weighted by Crippen LogP contribution is -2.67. The van der Waals surface area contributed by atoms with Gasteiger partial charge in [-0.1, -0.05) is 13.3 Å². The summed E-state index contributed by atoms with van der Waals surface area (Å²) in [4.78, 5) is 6.72. The first-order chi connectivity index (χ1) is 6.63. The van der Waals surface area contributed by atoms with Crippen LogP contribution in [-0.4, -0.2) is 23.6 Å². The van der Waals surface area contributed by atoms with Gasteiger partial charge in [0.25, 0.3) is 0 Å². The van der Waals surface area contributed by atoms with Crippen LogP contribution in [0.5, 0.6) is 0 Å². The molecule has 0 aromatic carbocycles. The van der Waals surface area contributed by atoms with Crippen molar-refractivity contribution in [1.29, 1.82) is 0 Å². The first-order valence-electron chi connectivity index (χ1n) is 5.09. The molecule has 0 unspecified atom stereocenters. The number of nitrogens with zero attached hydrogens (tertiary/aromatic N) is 2. The van der Waals surface area contributed by atoms with Crippen molar-refractivity contribution in [3.63, 3.8) is 0 Å². The Kier molecular flexibility index (Phi) is 2.49. The van der Waals surface area contributed by atoms with Gasteiger partial charge in [0.15, 0.2) is 5.13 Å². The third-order valence-corrected chi connectivity index (χ3v) is 3.66. The Hall–Kier alpha value is -0.610. The lowest BCUT2D eigenvalue weighted by molar-refractivity contribution is 0.307. The van der Waals surface area contributed by atoms with E-state index in [2.05, 4.69) is 22.2 Å². The van der Waals surface area contributed by atoms with Crippen LogP contribution in [0, 0.1) is 6.92 Å². The normalized spacial score (nSPS) is 19.5. The predicted molar refractivity (Wildman–Crippen MR) is 60.9 cm³/mol. The molecule has 1 fully saturated rings. The second-order valence-corrected chi connectivity index (χ2v) is 5.08. The summed E-state index contributed by atoms with van der Waals surface area (Å²) in [6.07, 6.45) is 2.29. The number of anilines is 1. The summed E-state index contributed by atoms with van der Waals surface area (Å²) in [5.74, 6) is 0. The molecule has 14 heavy (non-hydrogen) atoms. The van der Waals surface area contributed by atoms with Gasteiger partial charge in [-0.15, -0.1) is 11.3 Å². The van der Waals surface area contributed by atoms with Gasteiger partial charge in [0.05, 0.1) is 11.2 Å². The first-order valence-corrected chi connectivity index (χ1v) is 5.97. The number of nitrogens with two attached hydrogens (primary N) is 1. The van der Waals surface area contributed by atoms with Gasteiger partial charge in [-0.05, 0) is 13.3 Å². The van der Waals surface area contributed by atoms with Gasteiger partial charge in [-0.2, -0.15) is 0 Å². The molecule has 0 atom stereocenters. The third-order valence-electron chi connectivity index (χ3n) is 2.64. The molecule has 3 nitrogen and oxygen atoms in total. The molecule has 0 spiro atoms. The fourth-order valence-electron chi connectivity index (χ4n) is 1.99. The second kappa shape index (κ2) is 3.51. The molecule has 0 radical (unpaired) electrons. The minimum absolute atomic E-state index is 0.0499. The van der Waals surface area contributed by atoms with E-state index < -0.39 is 0 Å². The fraction of sp³-hybridized carbons (Fsp3) is 0.700. The number of rotatable bonds is 3. The molecule has 2 N–H and O–H groups in total. The monoisotopic (exact) mass is 211 g/mol.